The van der Waals surface area contributed by atoms with Crippen molar-refractivity contribution in [1.82, 2.24) is 0 Å². The van der Waals surface area contributed by atoms with Crippen molar-refractivity contribution in [3.05, 3.63) is 23.8 Å². The summed E-state index contributed by atoms with van der Waals surface area (Å²) in [5.41, 5.74) is 4.88. The first-order valence-electron chi connectivity index (χ1n) is 6.52. The van der Waals surface area contributed by atoms with Gasteiger partial charge in [-0.3, -0.25) is 0 Å². The number of nitrogens with one attached hydrogen (secondary N) is 1. The fourth-order valence-electron chi connectivity index (χ4n) is 2.67. The number of anilines is 2. The van der Waals surface area contributed by atoms with Gasteiger partial charge in [-0.05, 0) is 42.9 Å². The van der Waals surface area contributed by atoms with Crippen LogP contribution in [0.2, 0.25) is 0 Å². The standard InChI is InChI=1S/C14H19F3N2/c1-8-3-6-13(9(8)2)19-10-4-5-12(18)11(7-10)14(15,16)17/h4-5,7-9,13,19H,3,6,18H2,1-2H3. The monoisotopic (exact) mass is 272 g/mol. The Morgan fingerprint density at radius 1 is 1.21 bits per heavy atom. The van der Waals surface area contributed by atoms with Gasteiger partial charge in [-0.25, -0.2) is 0 Å². The molecule has 2 rings (SSSR count). The Morgan fingerprint density at radius 2 is 1.89 bits per heavy atom. The number of rotatable bonds is 2. The molecule has 1 fully saturated rings. The molecule has 0 spiro atoms. The summed E-state index contributed by atoms with van der Waals surface area (Å²) in [6.45, 7) is 4.31. The SMILES string of the molecule is CC1CCC(Nc2ccc(N)c(C(F)(F)F)c2)C1C. The first kappa shape index (κ1) is 14.0. The van der Waals surface area contributed by atoms with Crippen LogP contribution in [0.25, 0.3) is 0 Å². The maximum Gasteiger partial charge on any atom is 0.418 e. The fraction of sp³-hybridized carbons (Fsp3) is 0.571. The molecule has 0 radical (unpaired) electrons. The van der Waals surface area contributed by atoms with Crippen molar-refractivity contribution in [2.24, 2.45) is 11.8 Å². The fourth-order valence-corrected chi connectivity index (χ4v) is 2.67. The Bertz CT molecular complexity index is 456. The van der Waals surface area contributed by atoms with Crippen molar-refractivity contribution in [2.45, 2.75) is 38.9 Å². The highest BCUT2D eigenvalue weighted by Crippen LogP contribution is 2.37. The highest BCUT2D eigenvalue weighted by Gasteiger charge is 2.34. The number of benzene rings is 1. The van der Waals surface area contributed by atoms with Crippen molar-refractivity contribution >= 4 is 11.4 Å². The zero-order chi connectivity index (χ0) is 14.2. The third-order valence-corrected chi connectivity index (χ3v) is 4.18. The lowest BCUT2D eigenvalue weighted by molar-refractivity contribution is -0.136. The second-order valence-electron chi connectivity index (χ2n) is 5.46. The lowest BCUT2D eigenvalue weighted by atomic mass is 9.97. The minimum absolute atomic E-state index is 0.231. The van der Waals surface area contributed by atoms with E-state index in [9.17, 15) is 13.2 Å². The van der Waals surface area contributed by atoms with E-state index in [1.807, 2.05) is 0 Å². The van der Waals surface area contributed by atoms with Gasteiger partial charge in [0.25, 0.3) is 0 Å². The van der Waals surface area contributed by atoms with Gasteiger partial charge in [0.1, 0.15) is 0 Å². The van der Waals surface area contributed by atoms with Crippen LogP contribution in [-0.2, 0) is 6.18 Å². The molecule has 1 saturated carbocycles. The first-order valence-corrected chi connectivity index (χ1v) is 6.52. The van der Waals surface area contributed by atoms with Gasteiger partial charge in [0.05, 0.1) is 5.56 Å². The molecule has 1 aromatic carbocycles. The molecule has 5 heteroatoms. The molecular formula is C14H19F3N2. The summed E-state index contributed by atoms with van der Waals surface area (Å²) in [6, 6.07) is 4.26. The number of nitrogen functional groups attached to an aromatic ring is 1. The van der Waals surface area contributed by atoms with Crippen LogP contribution >= 0.6 is 0 Å². The molecule has 106 valence electrons. The van der Waals surface area contributed by atoms with Gasteiger partial charge < -0.3 is 11.1 Å². The van der Waals surface area contributed by atoms with E-state index >= 15 is 0 Å². The lowest BCUT2D eigenvalue weighted by Crippen LogP contribution is -2.24. The Labute approximate surface area is 111 Å². The second-order valence-corrected chi connectivity index (χ2v) is 5.46. The van der Waals surface area contributed by atoms with E-state index in [1.165, 1.54) is 6.07 Å². The van der Waals surface area contributed by atoms with Crippen LogP contribution < -0.4 is 11.1 Å². The number of nitrogens with two attached hydrogens (primary N) is 1. The average molecular weight is 272 g/mol. The molecule has 0 heterocycles. The maximum absolute atomic E-state index is 12.8. The van der Waals surface area contributed by atoms with E-state index in [-0.39, 0.29) is 11.7 Å². The number of alkyl halides is 3. The number of hydrogen-bond acceptors (Lipinski definition) is 2. The summed E-state index contributed by atoms with van der Waals surface area (Å²) in [4.78, 5) is 0. The summed E-state index contributed by atoms with van der Waals surface area (Å²) in [5.74, 6) is 1.07. The van der Waals surface area contributed by atoms with Crippen molar-refractivity contribution in [2.75, 3.05) is 11.1 Å². The molecule has 0 aliphatic heterocycles. The smallest absolute Gasteiger partial charge is 0.398 e. The first-order chi connectivity index (χ1) is 8.79. The van der Waals surface area contributed by atoms with Crippen LogP contribution in [0.3, 0.4) is 0 Å². The Morgan fingerprint density at radius 3 is 2.42 bits per heavy atom. The van der Waals surface area contributed by atoms with Crippen LogP contribution in [0.5, 0.6) is 0 Å². The molecule has 3 unspecified atom stereocenters. The molecule has 2 nitrogen and oxygen atoms in total. The molecule has 0 bridgehead atoms. The zero-order valence-electron chi connectivity index (χ0n) is 11.1. The van der Waals surface area contributed by atoms with E-state index in [0.29, 0.717) is 17.5 Å². The second kappa shape index (κ2) is 4.94. The minimum atomic E-state index is -4.41. The van der Waals surface area contributed by atoms with Crippen LogP contribution in [-0.4, -0.2) is 6.04 Å². The van der Waals surface area contributed by atoms with E-state index in [1.54, 1.807) is 6.07 Å². The summed E-state index contributed by atoms with van der Waals surface area (Å²) in [6.07, 6.45) is -2.30. The highest BCUT2D eigenvalue weighted by atomic mass is 19.4. The van der Waals surface area contributed by atoms with E-state index < -0.39 is 11.7 Å². The van der Waals surface area contributed by atoms with Crippen molar-refractivity contribution in [3.63, 3.8) is 0 Å². The molecule has 1 aromatic rings. The summed E-state index contributed by atoms with van der Waals surface area (Å²) >= 11 is 0. The Kier molecular flexibility index (Phi) is 3.65. The molecule has 0 aromatic heterocycles. The van der Waals surface area contributed by atoms with Gasteiger partial charge in [-0.2, -0.15) is 13.2 Å². The number of hydrogen-bond donors (Lipinski definition) is 2. The maximum atomic E-state index is 12.8. The molecule has 1 aliphatic rings. The van der Waals surface area contributed by atoms with Crippen LogP contribution in [0.1, 0.15) is 32.3 Å². The molecule has 19 heavy (non-hydrogen) atoms. The lowest BCUT2D eigenvalue weighted by Gasteiger charge is -2.22. The van der Waals surface area contributed by atoms with Crippen molar-refractivity contribution < 1.29 is 13.2 Å². The summed E-state index contributed by atoms with van der Waals surface area (Å²) in [5, 5.41) is 3.21. The molecule has 3 atom stereocenters. The third kappa shape index (κ3) is 2.96. The average Bonchev–Trinajstić information content (AvgIpc) is 2.62. The van der Waals surface area contributed by atoms with Gasteiger partial charge in [0.2, 0.25) is 0 Å². The van der Waals surface area contributed by atoms with Gasteiger partial charge >= 0.3 is 6.18 Å². The summed E-state index contributed by atoms with van der Waals surface area (Å²) in [7, 11) is 0. The molecular weight excluding hydrogens is 253 g/mol. The molecule has 1 aliphatic carbocycles. The third-order valence-electron chi connectivity index (χ3n) is 4.18. The van der Waals surface area contributed by atoms with Gasteiger partial charge in [-0.15, -0.1) is 0 Å². The largest absolute Gasteiger partial charge is 0.418 e. The Balaban J connectivity index is 2.18. The van der Waals surface area contributed by atoms with Crippen LogP contribution in [0, 0.1) is 11.8 Å². The van der Waals surface area contributed by atoms with Crippen molar-refractivity contribution in [1.29, 1.82) is 0 Å². The normalized spacial score (nSPS) is 27.5. The van der Waals surface area contributed by atoms with Gasteiger partial charge in [0, 0.05) is 17.4 Å². The van der Waals surface area contributed by atoms with E-state index in [2.05, 4.69) is 19.2 Å². The topological polar surface area (TPSA) is 38.0 Å². The minimum Gasteiger partial charge on any atom is -0.398 e. The van der Waals surface area contributed by atoms with Gasteiger partial charge in [0.15, 0.2) is 0 Å². The summed E-state index contributed by atoms with van der Waals surface area (Å²) < 4.78 is 38.3. The predicted octanol–water partition coefficient (Wildman–Crippen LogP) is 4.13. The Hall–Kier alpha value is -1.39. The van der Waals surface area contributed by atoms with Crippen LogP contribution in [0.15, 0.2) is 18.2 Å². The van der Waals surface area contributed by atoms with Crippen LogP contribution in [0.4, 0.5) is 24.5 Å². The molecule has 0 saturated heterocycles. The van der Waals surface area contributed by atoms with Crippen molar-refractivity contribution in [3.8, 4) is 0 Å². The van der Waals surface area contributed by atoms with E-state index in [0.717, 1.165) is 18.9 Å². The zero-order valence-corrected chi connectivity index (χ0v) is 11.1. The molecule has 3 N–H and O–H groups in total. The number of halogens is 3. The van der Waals surface area contributed by atoms with Gasteiger partial charge in [-0.1, -0.05) is 13.8 Å². The van der Waals surface area contributed by atoms with E-state index in [4.69, 9.17) is 5.73 Å². The predicted molar refractivity (Wildman–Crippen MR) is 70.8 cm³/mol. The molecule has 0 amide bonds. The highest BCUT2D eigenvalue weighted by molar-refractivity contribution is 5.58. The quantitative estimate of drug-likeness (QED) is 0.794.